The first-order valence-corrected chi connectivity index (χ1v) is 7.15. The molecule has 0 aliphatic heterocycles. The predicted octanol–water partition coefficient (Wildman–Crippen LogP) is 5.08. The van der Waals surface area contributed by atoms with Gasteiger partial charge in [0, 0.05) is 5.69 Å². The third-order valence-corrected chi connectivity index (χ3v) is 3.70. The highest BCUT2D eigenvalue weighted by molar-refractivity contribution is 6.32. The molecule has 0 amide bonds. The minimum absolute atomic E-state index is 0.476. The maximum Gasteiger partial charge on any atom is 0.103 e. The molecule has 0 aliphatic carbocycles. The Hall–Kier alpha value is -1.98. The van der Waals surface area contributed by atoms with E-state index in [4.69, 9.17) is 11.6 Å². The summed E-state index contributed by atoms with van der Waals surface area (Å²) >= 11 is 6.08. The second-order valence-electron chi connectivity index (χ2n) is 4.56. The minimum atomic E-state index is 0.476. The maximum absolute atomic E-state index is 9.26. The van der Waals surface area contributed by atoms with Crippen molar-refractivity contribution in [2.75, 3.05) is 5.32 Å². The summed E-state index contributed by atoms with van der Waals surface area (Å²) < 4.78 is 0. The van der Waals surface area contributed by atoms with Crippen molar-refractivity contribution in [2.24, 2.45) is 0 Å². The first kappa shape index (κ1) is 14.4. The summed E-state index contributed by atoms with van der Waals surface area (Å²) in [5, 5.41) is 13.1. The van der Waals surface area contributed by atoms with Crippen LogP contribution in [0, 0.1) is 11.3 Å². The molecule has 0 saturated heterocycles. The molecule has 1 N–H and O–H groups in total. The zero-order valence-electron chi connectivity index (χ0n) is 11.7. The summed E-state index contributed by atoms with van der Waals surface area (Å²) in [6, 6.07) is 13.9. The number of aryl methyl sites for hydroxylation is 2. The summed E-state index contributed by atoms with van der Waals surface area (Å²) in [6.07, 6.45) is 1.89. The van der Waals surface area contributed by atoms with Gasteiger partial charge in [-0.25, -0.2) is 0 Å². The number of benzene rings is 2. The van der Waals surface area contributed by atoms with Crippen molar-refractivity contribution >= 4 is 23.0 Å². The Morgan fingerprint density at radius 1 is 1.05 bits per heavy atom. The molecule has 3 heteroatoms. The van der Waals surface area contributed by atoms with Crippen molar-refractivity contribution in [3.05, 3.63) is 58.1 Å². The number of nitriles is 1. The Bertz CT molecular complexity index is 634. The molecule has 0 aromatic heterocycles. The van der Waals surface area contributed by atoms with Crippen molar-refractivity contribution < 1.29 is 0 Å². The van der Waals surface area contributed by atoms with Crippen LogP contribution in [0.15, 0.2) is 36.4 Å². The highest BCUT2D eigenvalue weighted by Gasteiger charge is 2.10. The molecular formula is C17H17ClN2. The molecule has 0 spiro atoms. The third-order valence-electron chi connectivity index (χ3n) is 3.38. The summed E-state index contributed by atoms with van der Waals surface area (Å²) in [5.74, 6) is 0. The molecule has 2 nitrogen and oxygen atoms in total. The van der Waals surface area contributed by atoms with E-state index in [2.05, 4.69) is 43.4 Å². The summed E-state index contributed by atoms with van der Waals surface area (Å²) in [5.41, 5.74) is 4.83. The van der Waals surface area contributed by atoms with Gasteiger partial charge < -0.3 is 5.32 Å². The normalized spacial score (nSPS) is 10.1. The number of hydrogen-bond donors (Lipinski definition) is 1. The van der Waals surface area contributed by atoms with Gasteiger partial charge in [-0.1, -0.05) is 49.7 Å². The lowest BCUT2D eigenvalue weighted by Crippen LogP contribution is -2.01. The molecule has 0 bridgehead atoms. The van der Waals surface area contributed by atoms with Gasteiger partial charge >= 0.3 is 0 Å². The molecule has 0 fully saturated rings. The largest absolute Gasteiger partial charge is 0.354 e. The van der Waals surface area contributed by atoms with Gasteiger partial charge in [0.2, 0.25) is 0 Å². The Morgan fingerprint density at radius 3 is 2.20 bits per heavy atom. The molecule has 0 heterocycles. The Morgan fingerprint density at radius 2 is 1.65 bits per heavy atom. The zero-order valence-corrected chi connectivity index (χ0v) is 12.5. The van der Waals surface area contributed by atoms with Crippen LogP contribution >= 0.6 is 11.6 Å². The molecule has 2 aromatic rings. The smallest absolute Gasteiger partial charge is 0.103 e. The van der Waals surface area contributed by atoms with E-state index < -0.39 is 0 Å². The van der Waals surface area contributed by atoms with Crippen LogP contribution in [-0.4, -0.2) is 0 Å². The number of nitrogens with zero attached hydrogens (tertiary/aromatic N) is 1. The first-order valence-electron chi connectivity index (χ1n) is 6.77. The lowest BCUT2D eigenvalue weighted by atomic mass is 10.0. The monoisotopic (exact) mass is 284 g/mol. The molecule has 0 atom stereocenters. The van der Waals surface area contributed by atoms with Gasteiger partial charge in [0.25, 0.3) is 0 Å². The van der Waals surface area contributed by atoms with Crippen LogP contribution < -0.4 is 5.32 Å². The quantitative estimate of drug-likeness (QED) is 0.850. The standard InChI is InChI=1S/C17H17ClN2/c1-3-12-7-5-8-13(4-2)17(12)20-16-10-6-9-15(18)14(16)11-19/h5-10,20H,3-4H2,1-2H3. The summed E-state index contributed by atoms with van der Waals surface area (Å²) in [6.45, 7) is 4.26. The van der Waals surface area contributed by atoms with E-state index in [0.29, 0.717) is 10.6 Å². The van der Waals surface area contributed by atoms with E-state index in [1.54, 1.807) is 6.07 Å². The van der Waals surface area contributed by atoms with E-state index in [0.717, 1.165) is 24.2 Å². The molecular weight excluding hydrogens is 268 g/mol. The molecule has 2 rings (SSSR count). The number of rotatable bonds is 4. The van der Waals surface area contributed by atoms with Gasteiger partial charge in [-0.2, -0.15) is 5.26 Å². The predicted molar refractivity (Wildman–Crippen MR) is 84.6 cm³/mol. The van der Waals surface area contributed by atoms with Crippen LogP contribution in [0.4, 0.5) is 11.4 Å². The van der Waals surface area contributed by atoms with Gasteiger partial charge in [0.1, 0.15) is 6.07 Å². The van der Waals surface area contributed by atoms with Crippen LogP contribution in [-0.2, 0) is 12.8 Å². The number of hydrogen-bond acceptors (Lipinski definition) is 2. The highest BCUT2D eigenvalue weighted by atomic mass is 35.5. The van der Waals surface area contributed by atoms with Crippen molar-refractivity contribution in [3.8, 4) is 6.07 Å². The minimum Gasteiger partial charge on any atom is -0.354 e. The van der Waals surface area contributed by atoms with Gasteiger partial charge in [-0.15, -0.1) is 0 Å². The Balaban J connectivity index is 2.50. The van der Waals surface area contributed by atoms with Crippen LogP contribution in [0.2, 0.25) is 5.02 Å². The van der Waals surface area contributed by atoms with Crippen LogP contribution in [0.5, 0.6) is 0 Å². The molecule has 0 unspecified atom stereocenters. The van der Waals surface area contributed by atoms with Gasteiger partial charge in [0.15, 0.2) is 0 Å². The van der Waals surface area contributed by atoms with Crippen molar-refractivity contribution in [3.63, 3.8) is 0 Å². The zero-order chi connectivity index (χ0) is 14.5. The molecule has 102 valence electrons. The number of anilines is 2. The van der Waals surface area contributed by atoms with E-state index in [-0.39, 0.29) is 0 Å². The van der Waals surface area contributed by atoms with Crippen LogP contribution in [0.25, 0.3) is 0 Å². The van der Waals surface area contributed by atoms with Crippen LogP contribution in [0.3, 0.4) is 0 Å². The van der Waals surface area contributed by atoms with Gasteiger partial charge in [0.05, 0.1) is 16.3 Å². The lowest BCUT2D eigenvalue weighted by molar-refractivity contribution is 1.09. The highest BCUT2D eigenvalue weighted by Crippen LogP contribution is 2.30. The lowest BCUT2D eigenvalue weighted by Gasteiger charge is -2.16. The molecule has 20 heavy (non-hydrogen) atoms. The number of halogens is 1. The summed E-state index contributed by atoms with van der Waals surface area (Å²) in [4.78, 5) is 0. The van der Waals surface area contributed by atoms with Crippen LogP contribution in [0.1, 0.15) is 30.5 Å². The van der Waals surface area contributed by atoms with Crippen molar-refractivity contribution in [1.29, 1.82) is 5.26 Å². The Kier molecular flexibility index (Phi) is 4.65. The van der Waals surface area contributed by atoms with E-state index in [1.807, 2.05) is 12.1 Å². The van der Waals surface area contributed by atoms with Gasteiger partial charge in [-0.3, -0.25) is 0 Å². The number of nitrogens with one attached hydrogen (secondary N) is 1. The topological polar surface area (TPSA) is 35.8 Å². The summed E-state index contributed by atoms with van der Waals surface area (Å²) in [7, 11) is 0. The molecule has 0 radical (unpaired) electrons. The fraction of sp³-hybridized carbons (Fsp3) is 0.235. The maximum atomic E-state index is 9.26. The fourth-order valence-corrected chi connectivity index (χ4v) is 2.50. The van der Waals surface area contributed by atoms with Crippen molar-refractivity contribution in [1.82, 2.24) is 0 Å². The van der Waals surface area contributed by atoms with Crippen molar-refractivity contribution in [2.45, 2.75) is 26.7 Å². The molecule has 0 saturated carbocycles. The van der Waals surface area contributed by atoms with E-state index >= 15 is 0 Å². The average Bonchev–Trinajstić information content (AvgIpc) is 2.47. The second kappa shape index (κ2) is 6.45. The van der Waals surface area contributed by atoms with E-state index in [1.165, 1.54) is 11.1 Å². The molecule has 0 aliphatic rings. The first-order chi connectivity index (χ1) is 9.71. The average molecular weight is 285 g/mol. The number of para-hydroxylation sites is 1. The fourth-order valence-electron chi connectivity index (χ4n) is 2.28. The third kappa shape index (κ3) is 2.79. The SMILES string of the molecule is CCc1cccc(CC)c1Nc1cccc(Cl)c1C#N. The Labute approximate surface area is 125 Å². The van der Waals surface area contributed by atoms with Gasteiger partial charge in [-0.05, 0) is 36.1 Å². The van der Waals surface area contributed by atoms with E-state index in [9.17, 15) is 5.26 Å². The molecule has 2 aromatic carbocycles. The second-order valence-corrected chi connectivity index (χ2v) is 4.96.